The van der Waals surface area contributed by atoms with Crippen LogP contribution in [0.2, 0.25) is 0 Å². The van der Waals surface area contributed by atoms with E-state index in [9.17, 15) is 4.79 Å². The molecule has 1 nitrogen and oxygen atoms in total. The minimum atomic E-state index is -1.43. The summed E-state index contributed by atoms with van der Waals surface area (Å²) in [4.78, 5) is 12.2. The first kappa shape index (κ1) is 12.4. The zero-order chi connectivity index (χ0) is 11.8. The van der Waals surface area contributed by atoms with E-state index in [0.29, 0.717) is 5.52 Å². The molecule has 0 aliphatic carbocycles. The molecule has 0 N–H and O–H groups in total. The Balaban J connectivity index is 3.29. The van der Waals surface area contributed by atoms with Gasteiger partial charge in [0.2, 0.25) is 0 Å². The van der Waals surface area contributed by atoms with Crippen LogP contribution in [-0.2, 0) is 0 Å². The number of carbonyl (C=O) groups is 1. The third-order valence-corrected chi connectivity index (χ3v) is 4.36. The van der Waals surface area contributed by atoms with Crippen LogP contribution in [-0.4, -0.2) is 25.5 Å². The molecule has 2 heteroatoms. The molecule has 0 saturated heterocycles. The molecule has 0 spiro atoms. The largest absolute Gasteiger partial charge is 0.297 e. The molecule has 82 valence electrons. The molecule has 0 fully saturated rings. The fourth-order valence-corrected chi connectivity index (χ4v) is 2.51. The maximum atomic E-state index is 12.2. The molecule has 1 aromatic carbocycles. The van der Waals surface area contributed by atoms with Gasteiger partial charge in [-0.05, 0) is 43.5 Å². The molecule has 1 rings (SSSR count). The van der Waals surface area contributed by atoms with Gasteiger partial charge >= 0.3 is 0 Å². The molecule has 15 heavy (non-hydrogen) atoms. The normalized spacial score (nSPS) is 11.6. The first-order chi connectivity index (χ1) is 6.75. The Kier molecular flexibility index (Phi) is 3.35. The molecule has 0 bridgehead atoms. The van der Waals surface area contributed by atoms with Crippen LogP contribution in [0, 0.1) is 20.8 Å². The fraction of sp³-hybridized carbons (Fsp3) is 0.462. The first-order valence-corrected chi connectivity index (χ1v) is 8.31. The summed E-state index contributed by atoms with van der Waals surface area (Å²) >= 11 is 0. The highest BCUT2D eigenvalue weighted by molar-refractivity contribution is 7.89. The van der Waals surface area contributed by atoms with E-state index in [1.165, 1.54) is 11.1 Å². The Hall–Kier alpha value is -0.680. The summed E-state index contributed by atoms with van der Waals surface area (Å²) in [6, 6.07) is 4.02. The fourth-order valence-electron chi connectivity index (χ4n) is 1.55. The lowest BCUT2D eigenvalue weighted by Gasteiger charge is -2.14. The van der Waals surface area contributed by atoms with Gasteiger partial charge in [0.15, 0.2) is 0 Å². The Labute approximate surface area is 93.2 Å². The molecule has 0 aromatic heterocycles. The molecule has 0 atom stereocenters. The highest BCUT2D eigenvalue weighted by Gasteiger charge is 2.32. The zero-order valence-electron chi connectivity index (χ0n) is 10.5. The van der Waals surface area contributed by atoms with Crippen LogP contribution in [0.15, 0.2) is 12.1 Å². The molecule has 1 aromatic rings. The predicted octanol–water partition coefficient (Wildman–Crippen LogP) is 3.66. The number of carbonyl (C=O) groups excluding carboxylic acids is 1. The van der Waals surface area contributed by atoms with Crippen molar-refractivity contribution >= 4 is 12.8 Å². The smallest absolute Gasteiger partial charge is 0.247 e. The van der Waals surface area contributed by atoms with Crippen LogP contribution in [0.1, 0.15) is 27.0 Å². The predicted molar refractivity (Wildman–Crippen MR) is 69.7 cm³/mol. The summed E-state index contributed by atoms with van der Waals surface area (Å²) in [5, 5.41) is 0. The van der Waals surface area contributed by atoms with E-state index in [4.69, 9.17) is 0 Å². The molecule has 0 saturated carbocycles. The maximum Gasteiger partial charge on any atom is 0.297 e. The van der Waals surface area contributed by atoms with Crippen molar-refractivity contribution in [1.82, 2.24) is 0 Å². The number of hydrogen-bond acceptors (Lipinski definition) is 1. The highest BCUT2D eigenvalue weighted by atomic mass is 31.2. The van der Waals surface area contributed by atoms with Gasteiger partial charge in [0, 0.05) is 0 Å². The van der Waals surface area contributed by atoms with Gasteiger partial charge in [0.25, 0.3) is 5.52 Å². The van der Waals surface area contributed by atoms with Crippen molar-refractivity contribution in [3.8, 4) is 0 Å². The summed E-state index contributed by atoms with van der Waals surface area (Å²) in [5.41, 5.74) is 4.91. The summed E-state index contributed by atoms with van der Waals surface area (Å²) in [6.07, 6.45) is 0. The van der Waals surface area contributed by atoms with Gasteiger partial charge in [-0.3, -0.25) is 0 Å². The molecule has 0 unspecified atom stereocenters. The average Bonchev–Trinajstić information content (AvgIpc) is 2.12. The van der Waals surface area contributed by atoms with Crippen LogP contribution in [0.5, 0.6) is 0 Å². The number of rotatable bonds is 2. The van der Waals surface area contributed by atoms with Crippen LogP contribution in [0.25, 0.3) is 0 Å². The third kappa shape index (κ3) is 2.46. The van der Waals surface area contributed by atoms with Crippen molar-refractivity contribution < 1.29 is 4.79 Å². The Morgan fingerprint density at radius 2 is 1.53 bits per heavy atom. The SMILES string of the molecule is Cc1ccc(C(=O)[P+](C)(C)C)c(C)c1C. The van der Waals surface area contributed by atoms with Crippen molar-refractivity contribution in [2.24, 2.45) is 0 Å². The molecule has 0 heterocycles. The second-order valence-electron chi connectivity index (χ2n) is 5.00. The van der Waals surface area contributed by atoms with Crippen molar-refractivity contribution in [3.05, 3.63) is 34.4 Å². The minimum Gasteiger partial charge on any atom is -0.247 e. The summed E-state index contributed by atoms with van der Waals surface area (Å²) < 4.78 is 0. The number of aryl methyl sites for hydroxylation is 1. The highest BCUT2D eigenvalue weighted by Crippen LogP contribution is 2.50. The van der Waals surface area contributed by atoms with Gasteiger partial charge in [-0.2, -0.15) is 0 Å². The van der Waals surface area contributed by atoms with Crippen molar-refractivity contribution in [2.45, 2.75) is 20.8 Å². The molecular formula is C13H20OP+. The summed E-state index contributed by atoms with van der Waals surface area (Å²) in [5.74, 6) is 0. The van der Waals surface area contributed by atoms with E-state index in [-0.39, 0.29) is 0 Å². The quantitative estimate of drug-likeness (QED) is 0.699. The lowest BCUT2D eigenvalue weighted by molar-refractivity contribution is 0.107. The van der Waals surface area contributed by atoms with E-state index in [0.717, 1.165) is 11.1 Å². The molecule has 0 aliphatic heterocycles. The van der Waals surface area contributed by atoms with Gasteiger partial charge in [-0.1, -0.05) is 6.07 Å². The van der Waals surface area contributed by atoms with Crippen LogP contribution in [0.3, 0.4) is 0 Å². The van der Waals surface area contributed by atoms with E-state index >= 15 is 0 Å². The molecular weight excluding hydrogens is 203 g/mol. The van der Waals surface area contributed by atoms with Crippen molar-refractivity contribution in [2.75, 3.05) is 20.0 Å². The van der Waals surface area contributed by atoms with Crippen molar-refractivity contribution in [3.63, 3.8) is 0 Å². The summed E-state index contributed by atoms with van der Waals surface area (Å²) in [7, 11) is -1.43. The van der Waals surface area contributed by atoms with Crippen LogP contribution < -0.4 is 0 Å². The Morgan fingerprint density at radius 1 is 1.00 bits per heavy atom. The van der Waals surface area contributed by atoms with Gasteiger partial charge in [-0.25, -0.2) is 4.79 Å². The van der Waals surface area contributed by atoms with E-state index in [2.05, 4.69) is 33.8 Å². The number of benzene rings is 1. The minimum absolute atomic E-state index is 0.336. The number of hydrogen-bond donors (Lipinski definition) is 0. The second kappa shape index (κ2) is 4.06. The topological polar surface area (TPSA) is 17.1 Å². The Morgan fingerprint density at radius 3 is 2.00 bits per heavy atom. The second-order valence-corrected chi connectivity index (χ2v) is 9.43. The monoisotopic (exact) mass is 223 g/mol. The van der Waals surface area contributed by atoms with Gasteiger partial charge < -0.3 is 0 Å². The van der Waals surface area contributed by atoms with Crippen LogP contribution in [0.4, 0.5) is 0 Å². The van der Waals surface area contributed by atoms with Crippen molar-refractivity contribution in [1.29, 1.82) is 0 Å². The third-order valence-electron chi connectivity index (χ3n) is 2.90. The van der Waals surface area contributed by atoms with Crippen LogP contribution >= 0.6 is 7.26 Å². The lowest BCUT2D eigenvalue weighted by atomic mass is 10.00. The molecule has 0 aliphatic rings. The van der Waals surface area contributed by atoms with E-state index < -0.39 is 7.26 Å². The summed E-state index contributed by atoms with van der Waals surface area (Å²) in [6.45, 7) is 12.4. The van der Waals surface area contributed by atoms with E-state index in [1.54, 1.807) is 0 Å². The average molecular weight is 223 g/mol. The zero-order valence-corrected chi connectivity index (χ0v) is 11.4. The lowest BCUT2D eigenvalue weighted by Crippen LogP contribution is -2.07. The standard InChI is InChI=1S/C13H20OP/c1-9-7-8-12(11(3)10(9)2)13(14)15(4,5)6/h7-8H,1-6H3/q+1. The van der Waals surface area contributed by atoms with Gasteiger partial charge in [0.05, 0.1) is 32.8 Å². The maximum absolute atomic E-state index is 12.2. The molecule has 0 amide bonds. The van der Waals surface area contributed by atoms with E-state index in [1.807, 2.05) is 19.1 Å². The molecule has 0 radical (unpaired) electrons. The van der Waals surface area contributed by atoms with Gasteiger partial charge in [0.1, 0.15) is 0 Å². The van der Waals surface area contributed by atoms with Gasteiger partial charge in [-0.15, -0.1) is 0 Å². The Bertz CT molecular complexity index is 400. The first-order valence-electron chi connectivity index (χ1n) is 5.18.